The summed E-state index contributed by atoms with van der Waals surface area (Å²) < 4.78 is 0. The fraction of sp³-hybridized carbons (Fsp3) is 0.455. The number of hydrogen-bond acceptors (Lipinski definition) is 2. The maximum absolute atomic E-state index is 11.6. The normalized spacial score (nSPS) is 11.9. The van der Waals surface area contributed by atoms with E-state index in [1.807, 2.05) is 25.1 Å². The molecular weight excluding hydrogens is 187 g/mol. The first-order valence-corrected chi connectivity index (χ1v) is 5.41. The quantitative estimate of drug-likeness (QED) is 0.733. The van der Waals surface area contributed by atoms with Gasteiger partial charge in [-0.2, -0.15) is 0 Å². The fourth-order valence-electron chi connectivity index (χ4n) is 1.42. The van der Waals surface area contributed by atoms with Gasteiger partial charge in [-0.3, -0.25) is 9.78 Å². The SMILES string of the molecule is CBCC(C)C(=O)NCc1ccccn1. The molecule has 0 saturated heterocycles. The zero-order chi connectivity index (χ0) is 11.1. The molecule has 1 aromatic heterocycles. The first kappa shape index (κ1) is 11.8. The van der Waals surface area contributed by atoms with E-state index in [-0.39, 0.29) is 11.8 Å². The van der Waals surface area contributed by atoms with Crippen LogP contribution >= 0.6 is 0 Å². The number of amides is 1. The van der Waals surface area contributed by atoms with Crippen LogP contribution in [0.25, 0.3) is 0 Å². The van der Waals surface area contributed by atoms with Crippen LogP contribution in [-0.4, -0.2) is 18.2 Å². The van der Waals surface area contributed by atoms with Crippen LogP contribution in [0.2, 0.25) is 13.1 Å². The molecule has 4 heteroatoms. The summed E-state index contributed by atoms with van der Waals surface area (Å²) in [6.45, 7) is 4.56. The van der Waals surface area contributed by atoms with Crippen molar-refractivity contribution in [1.29, 1.82) is 0 Å². The number of carbonyl (C=O) groups is 1. The summed E-state index contributed by atoms with van der Waals surface area (Å²) in [6.07, 6.45) is 2.67. The van der Waals surface area contributed by atoms with Gasteiger partial charge in [0.15, 0.2) is 0 Å². The Bertz CT molecular complexity index is 303. The first-order chi connectivity index (χ1) is 7.24. The van der Waals surface area contributed by atoms with E-state index in [0.717, 1.165) is 19.3 Å². The molecule has 0 radical (unpaired) electrons. The van der Waals surface area contributed by atoms with Crippen molar-refractivity contribution in [3.05, 3.63) is 30.1 Å². The molecule has 1 amide bonds. The number of carbonyl (C=O) groups excluding carboxylic acids is 1. The van der Waals surface area contributed by atoms with Crippen LogP contribution in [0.1, 0.15) is 12.6 Å². The number of rotatable bonds is 5. The van der Waals surface area contributed by atoms with Crippen LogP contribution in [0, 0.1) is 5.92 Å². The summed E-state index contributed by atoms with van der Waals surface area (Å²) in [5, 5.41) is 2.88. The lowest BCUT2D eigenvalue weighted by Crippen LogP contribution is -2.29. The molecule has 1 rings (SSSR count). The van der Waals surface area contributed by atoms with Gasteiger partial charge in [-0.15, -0.1) is 0 Å². The molecule has 0 spiro atoms. The molecule has 1 heterocycles. The predicted molar refractivity (Wildman–Crippen MR) is 63.1 cm³/mol. The second kappa shape index (κ2) is 6.22. The molecule has 15 heavy (non-hydrogen) atoms. The molecule has 80 valence electrons. The molecule has 1 aromatic rings. The van der Waals surface area contributed by atoms with E-state index in [4.69, 9.17) is 0 Å². The number of hydrogen-bond donors (Lipinski definition) is 1. The van der Waals surface area contributed by atoms with E-state index in [9.17, 15) is 4.79 Å². The number of aromatic nitrogens is 1. The molecule has 0 aliphatic heterocycles. The van der Waals surface area contributed by atoms with Crippen LogP contribution in [0.4, 0.5) is 0 Å². The largest absolute Gasteiger partial charge is 0.350 e. The molecule has 3 nitrogen and oxygen atoms in total. The molecule has 1 N–H and O–H groups in total. The number of nitrogens with one attached hydrogen (secondary N) is 1. The van der Waals surface area contributed by atoms with Crippen LogP contribution in [0.15, 0.2) is 24.4 Å². The first-order valence-electron chi connectivity index (χ1n) is 5.41. The minimum absolute atomic E-state index is 0.0960. The van der Waals surface area contributed by atoms with E-state index in [1.165, 1.54) is 0 Å². The van der Waals surface area contributed by atoms with Gasteiger partial charge in [0, 0.05) is 12.1 Å². The lowest BCUT2D eigenvalue weighted by atomic mass is 9.72. The molecule has 0 saturated carbocycles. The Kier molecular flexibility index (Phi) is 4.88. The van der Waals surface area contributed by atoms with Crippen LogP contribution in [0.3, 0.4) is 0 Å². The summed E-state index contributed by atoms with van der Waals surface area (Å²) in [4.78, 5) is 15.7. The van der Waals surface area contributed by atoms with Gasteiger partial charge >= 0.3 is 0 Å². The van der Waals surface area contributed by atoms with E-state index < -0.39 is 0 Å². The highest BCUT2D eigenvalue weighted by Gasteiger charge is 2.10. The Morgan fingerprint density at radius 3 is 3.00 bits per heavy atom. The van der Waals surface area contributed by atoms with Crippen LogP contribution < -0.4 is 5.32 Å². The molecule has 1 unspecified atom stereocenters. The summed E-state index contributed by atoms with van der Waals surface area (Å²) in [7, 11) is 1.04. The Hall–Kier alpha value is -1.32. The van der Waals surface area contributed by atoms with Crippen molar-refractivity contribution in [2.75, 3.05) is 0 Å². The Labute approximate surface area is 91.5 Å². The smallest absolute Gasteiger partial charge is 0.222 e. The van der Waals surface area contributed by atoms with Gasteiger partial charge in [0.2, 0.25) is 5.91 Å². The topological polar surface area (TPSA) is 42.0 Å². The third kappa shape index (κ3) is 4.15. The minimum Gasteiger partial charge on any atom is -0.350 e. The van der Waals surface area contributed by atoms with E-state index >= 15 is 0 Å². The second-order valence-electron chi connectivity index (χ2n) is 3.73. The summed E-state index contributed by atoms with van der Waals surface area (Å²) >= 11 is 0. The van der Waals surface area contributed by atoms with E-state index in [0.29, 0.717) is 6.54 Å². The molecular formula is C11H17BN2O. The molecule has 1 atom stereocenters. The van der Waals surface area contributed by atoms with Crippen molar-refractivity contribution in [2.45, 2.75) is 26.6 Å². The predicted octanol–water partition coefficient (Wildman–Crippen LogP) is 1.24. The minimum atomic E-state index is 0.0960. The monoisotopic (exact) mass is 204 g/mol. The van der Waals surface area contributed by atoms with Crippen LogP contribution in [-0.2, 0) is 11.3 Å². The maximum atomic E-state index is 11.6. The van der Waals surface area contributed by atoms with Crippen molar-refractivity contribution in [1.82, 2.24) is 10.3 Å². The Morgan fingerprint density at radius 2 is 2.40 bits per heavy atom. The van der Waals surface area contributed by atoms with Crippen molar-refractivity contribution < 1.29 is 4.79 Å². The molecule has 0 bridgehead atoms. The summed E-state index contributed by atoms with van der Waals surface area (Å²) in [6, 6.07) is 5.69. The van der Waals surface area contributed by atoms with Crippen LogP contribution in [0.5, 0.6) is 0 Å². The van der Waals surface area contributed by atoms with Crippen molar-refractivity contribution in [3.8, 4) is 0 Å². The van der Waals surface area contributed by atoms with E-state index in [2.05, 4.69) is 17.1 Å². The zero-order valence-electron chi connectivity index (χ0n) is 9.36. The van der Waals surface area contributed by atoms with Gasteiger partial charge in [0.1, 0.15) is 7.28 Å². The zero-order valence-corrected chi connectivity index (χ0v) is 9.36. The van der Waals surface area contributed by atoms with Crippen molar-refractivity contribution in [2.24, 2.45) is 5.92 Å². The fourth-order valence-corrected chi connectivity index (χ4v) is 1.42. The standard InChI is InChI=1S/C11H17BN2O/c1-9(7-12-2)11(15)14-8-10-5-3-4-6-13-10/h3-6,9,12H,7-8H2,1-2H3,(H,14,15). The third-order valence-corrected chi connectivity index (χ3v) is 2.34. The molecule has 0 aliphatic carbocycles. The van der Waals surface area contributed by atoms with E-state index in [1.54, 1.807) is 6.20 Å². The highest BCUT2D eigenvalue weighted by molar-refractivity contribution is 6.34. The number of nitrogens with zero attached hydrogens (tertiary/aromatic N) is 1. The second-order valence-corrected chi connectivity index (χ2v) is 3.73. The van der Waals surface area contributed by atoms with Crippen molar-refractivity contribution >= 4 is 13.2 Å². The molecule has 0 fully saturated rings. The lowest BCUT2D eigenvalue weighted by Gasteiger charge is -2.10. The van der Waals surface area contributed by atoms with Gasteiger partial charge < -0.3 is 5.32 Å². The lowest BCUT2D eigenvalue weighted by molar-refractivity contribution is -0.124. The van der Waals surface area contributed by atoms with Gasteiger partial charge in [0.25, 0.3) is 0 Å². The average Bonchev–Trinajstić information content (AvgIpc) is 2.27. The van der Waals surface area contributed by atoms with Gasteiger partial charge in [-0.05, 0) is 12.1 Å². The number of pyridine rings is 1. The summed E-state index contributed by atoms with van der Waals surface area (Å²) in [5.41, 5.74) is 0.898. The van der Waals surface area contributed by atoms with Gasteiger partial charge in [0.05, 0.1) is 12.2 Å². The van der Waals surface area contributed by atoms with Crippen molar-refractivity contribution in [3.63, 3.8) is 0 Å². The van der Waals surface area contributed by atoms with Gasteiger partial charge in [-0.25, -0.2) is 0 Å². The molecule has 0 aromatic carbocycles. The van der Waals surface area contributed by atoms with Gasteiger partial charge in [-0.1, -0.05) is 26.1 Å². The Morgan fingerprint density at radius 1 is 1.60 bits per heavy atom. The molecule has 0 aliphatic rings. The summed E-state index contributed by atoms with van der Waals surface area (Å²) in [5.74, 6) is 0.209. The average molecular weight is 204 g/mol. The highest BCUT2D eigenvalue weighted by Crippen LogP contribution is 2.02. The third-order valence-electron chi connectivity index (χ3n) is 2.34. The maximum Gasteiger partial charge on any atom is 0.222 e. The Balaban J connectivity index is 2.34. The highest BCUT2D eigenvalue weighted by atomic mass is 16.1.